The third-order valence-electron chi connectivity index (χ3n) is 3.00. The molecule has 0 saturated carbocycles. The first-order valence-electron chi connectivity index (χ1n) is 6.28. The fourth-order valence-electron chi connectivity index (χ4n) is 1.93. The van der Waals surface area contributed by atoms with Crippen LogP contribution in [0.15, 0.2) is 38.7 Å². The zero-order valence-corrected chi connectivity index (χ0v) is 13.5. The zero-order valence-electron chi connectivity index (χ0n) is 11.1. The van der Waals surface area contributed by atoms with Gasteiger partial charge in [-0.3, -0.25) is 0 Å². The number of hydrogen-bond acceptors (Lipinski definition) is 1. The molecular weight excluding hydrogens is 342 g/mol. The van der Waals surface area contributed by atoms with Crippen LogP contribution in [0.5, 0.6) is 0 Å². The molecule has 5 nitrogen and oxygen atoms in total. The number of nitrogens with two attached hydrogens (primary N) is 2. The summed E-state index contributed by atoms with van der Waals surface area (Å²) < 4.78 is 1.05. The standard InChI is InChI=1S/C13H18BrN5.ClH/c14-11-5-3-10(4-6-11)9-17-12(15)18-13(16)19-7-1-2-8-19;/h3-6H,1-2,7-9H2,(H4,15,16,17,18);1H. The Hall–Kier alpha value is -1.27. The van der Waals surface area contributed by atoms with Crippen LogP contribution in [0.3, 0.4) is 0 Å². The number of nitrogens with zero attached hydrogens (tertiary/aromatic N) is 3. The van der Waals surface area contributed by atoms with Gasteiger partial charge in [0.2, 0.25) is 5.96 Å². The average Bonchev–Trinajstić information content (AvgIpc) is 2.92. The van der Waals surface area contributed by atoms with Crippen molar-refractivity contribution in [1.29, 1.82) is 0 Å². The zero-order chi connectivity index (χ0) is 13.7. The SMILES string of the molecule is Cl.NC(=NCc1ccc(Br)cc1)N=C(N)N1CCCC1. The molecule has 1 aliphatic heterocycles. The summed E-state index contributed by atoms with van der Waals surface area (Å²) in [6.45, 7) is 2.42. The second kappa shape index (κ2) is 8.11. The Balaban J connectivity index is 0.00000200. The predicted octanol–water partition coefficient (Wildman–Crippen LogP) is 2.10. The third kappa shape index (κ3) is 5.02. The molecule has 0 bridgehead atoms. The van der Waals surface area contributed by atoms with Crippen molar-refractivity contribution in [2.75, 3.05) is 13.1 Å². The Morgan fingerprint density at radius 2 is 1.75 bits per heavy atom. The van der Waals surface area contributed by atoms with E-state index in [1.54, 1.807) is 0 Å². The van der Waals surface area contributed by atoms with Crippen LogP contribution in [-0.4, -0.2) is 29.9 Å². The van der Waals surface area contributed by atoms with Gasteiger partial charge in [-0.15, -0.1) is 12.4 Å². The van der Waals surface area contributed by atoms with Gasteiger partial charge in [0.25, 0.3) is 0 Å². The summed E-state index contributed by atoms with van der Waals surface area (Å²) >= 11 is 3.39. The maximum atomic E-state index is 5.88. The summed E-state index contributed by atoms with van der Waals surface area (Å²) in [6.07, 6.45) is 2.32. The molecule has 0 unspecified atom stereocenters. The monoisotopic (exact) mass is 359 g/mol. The van der Waals surface area contributed by atoms with E-state index in [0.717, 1.165) is 36.0 Å². The summed E-state index contributed by atoms with van der Waals surface area (Å²) in [5.74, 6) is 0.696. The smallest absolute Gasteiger partial charge is 0.218 e. The Morgan fingerprint density at radius 1 is 1.15 bits per heavy atom. The van der Waals surface area contributed by atoms with Gasteiger partial charge in [-0.1, -0.05) is 28.1 Å². The van der Waals surface area contributed by atoms with Crippen molar-refractivity contribution in [3.05, 3.63) is 34.3 Å². The van der Waals surface area contributed by atoms with Gasteiger partial charge in [0.05, 0.1) is 6.54 Å². The van der Waals surface area contributed by atoms with Crippen molar-refractivity contribution in [3.8, 4) is 0 Å². The van der Waals surface area contributed by atoms with Crippen LogP contribution < -0.4 is 11.5 Å². The van der Waals surface area contributed by atoms with Gasteiger partial charge in [0, 0.05) is 17.6 Å². The van der Waals surface area contributed by atoms with Crippen LogP contribution in [0.2, 0.25) is 0 Å². The molecule has 0 atom stereocenters. The maximum absolute atomic E-state index is 5.88. The number of benzene rings is 1. The molecule has 0 spiro atoms. The number of halogens is 2. The number of likely N-dealkylation sites (tertiary alicyclic amines) is 1. The molecule has 0 aromatic heterocycles. The molecule has 4 N–H and O–H groups in total. The molecule has 0 aliphatic carbocycles. The highest BCUT2D eigenvalue weighted by Gasteiger charge is 2.13. The number of rotatable bonds is 2. The molecule has 1 aliphatic rings. The summed E-state index contributed by atoms with van der Waals surface area (Å²) in [7, 11) is 0. The van der Waals surface area contributed by atoms with Crippen LogP contribution in [0.1, 0.15) is 18.4 Å². The number of aliphatic imine (C=N–C) groups is 2. The van der Waals surface area contributed by atoms with E-state index in [9.17, 15) is 0 Å². The first-order valence-corrected chi connectivity index (χ1v) is 7.08. The van der Waals surface area contributed by atoms with Crippen LogP contribution >= 0.6 is 28.3 Å². The molecule has 20 heavy (non-hydrogen) atoms. The van der Waals surface area contributed by atoms with E-state index in [4.69, 9.17) is 11.5 Å². The van der Waals surface area contributed by atoms with E-state index < -0.39 is 0 Å². The minimum atomic E-state index is 0. The first kappa shape index (κ1) is 16.8. The lowest BCUT2D eigenvalue weighted by molar-refractivity contribution is 0.514. The number of hydrogen-bond donors (Lipinski definition) is 2. The van der Waals surface area contributed by atoms with Crippen molar-refractivity contribution >= 4 is 40.3 Å². The molecule has 0 radical (unpaired) electrons. The Morgan fingerprint density at radius 3 is 2.35 bits per heavy atom. The summed E-state index contributed by atoms with van der Waals surface area (Å²) in [5, 5.41) is 0. The van der Waals surface area contributed by atoms with Crippen LogP contribution in [0.4, 0.5) is 0 Å². The second-order valence-electron chi connectivity index (χ2n) is 4.47. The van der Waals surface area contributed by atoms with Crippen molar-refractivity contribution in [3.63, 3.8) is 0 Å². The fourth-order valence-corrected chi connectivity index (χ4v) is 2.20. The molecule has 0 amide bonds. The summed E-state index contributed by atoms with van der Waals surface area (Å²) in [6, 6.07) is 7.94. The molecule has 7 heteroatoms. The fraction of sp³-hybridized carbons (Fsp3) is 0.385. The molecule has 110 valence electrons. The van der Waals surface area contributed by atoms with Gasteiger partial charge in [-0.05, 0) is 30.5 Å². The quantitative estimate of drug-likeness (QED) is 0.626. The van der Waals surface area contributed by atoms with E-state index >= 15 is 0 Å². The van der Waals surface area contributed by atoms with Crippen molar-refractivity contribution < 1.29 is 0 Å². The number of guanidine groups is 2. The lowest BCUT2D eigenvalue weighted by Crippen LogP contribution is -2.36. The van der Waals surface area contributed by atoms with Gasteiger partial charge in [0.1, 0.15) is 0 Å². The van der Waals surface area contributed by atoms with Crippen LogP contribution in [0, 0.1) is 0 Å². The van der Waals surface area contributed by atoms with Gasteiger partial charge in [-0.2, -0.15) is 4.99 Å². The topological polar surface area (TPSA) is 80.0 Å². The van der Waals surface area contributed by atoms with Crippen LogP contribution in [0.25, 0.3) is 0 Å². The van der Waals surface area contributed by atoms with E-state index in [0.29, 0.717) is 12.5 Å². The van der Waals surface area contributed by atoms with E-state index in [1.165, 1.54) is 0 Å². The van der Waals surface area contributed by atoms with Crippen molar-refractivity contribution in [1.82, 2.24) is 4.90 Å². The Kier molecular flexibility index (Phi) is 6.81. The van der Waals surface area contributed by atoms with E-state index in [2.05, 4.69) is 25.9 Å². The molecule has 1 saturated heterocycles. The Bertz CT molecular complexity index is 480. The minimum absolute atomic E-state index is 0. The highest BCUT2D eigenvalue weighted by Crippen LogP contribution is 2.11. The molecule has 2 rings (SSSR count). The molecule has 1 heterocycles. The Labute approximate surface area is 133 Å². The third-order valence-corrected chi connectivity index (χ3v) is 3.52. The maximum Gasteiger partial charge on any atom is 0.218 e. The highest BCUT2D eigenvalue weighted by molar-refractivity contribution is 9.10. The predicted molar refractivity (Wildman–Crippen MR) is 89.1 cm³/mol. The normalized spacial score (nSPS) is 16.1. The summed E-state index contributed by atoms with van der Waals surface area (Å²) in [4.78, 5) is 10.4. The largest absolute Gasteiger partial charge is 0.369 e. The van der Waals surface area contributed by atoms with E-state index in [-0.39, 0.29) is 18.4 Å². The molecule has 1 aromatic rings. The molecule has 1 fully saturated rings. The summed E-state index contributed by atoms with van der Waals surface area (Å²) in [5.41, 5.74) is 12.7. The highest BCUT2D eigenvalue weighted by atomic mass is 79.9. The van der Waals surface area contributed by atoms with Gasteiger partial charge >= 0.3 is 0 Å². The van der Waals surface area contributed by atoms with Crippen molar-refractivity contribution in [2.45, 2.75) is 19.4 Å². The lowest BCUT2D eigenvalue weighted by Gasteiger charge is -2.15. The van der Waals surface area contributed by atoms with Gasteiger partial charge < -0.3 is 16.4 Å². The first-order chi connectivity index (χ1) is 9.15. The minimum Gasteiger partial charge on any atom is -0.369 e. The van der Waals surface area contributed by atoms with E-state index in [1.807, 2.05) is 29.2 Å². The van der Waals surface area contributed by atoms with Crippen molar-refractivity contribution in [2.24, 2.45) is 21.5 Å². The second-order valence-corrected chi connectivity index (χ2v) is 5.38. The van der Waals surface area contributed by atoms with Crippen LogP contribution in [-0.2, 0) is 6.54 Å². The molecular formula is C13H19BrClN5. The lowest BCUT2D eigenvalue weighted by atomic mass is 10.2. The molecule has 1 aromatic carbocycles. The van der Waals surface area contributed by atoms with Gasteiger partial charge in [-0.25, -0.2) is 4.99 Å². The average molecular weight is 361 g/mol. The van der Waals surface area contributed by atoms with Gasteiger partial charge in [0.15, 0.2) is 5.96 Å².